The summed E-state index contributed by atoms with van der Waals surface area (Å²) in [5.74, 6) is -0.741. The summed E-state index contributed by atoms with van der Waals surface area (Å²) in [6, 6.07) is 0. The average molecular weight is 613 g/mol. The summed E-state index contributed by atoms with van der Waals surface area (Å²) >= 11 is 0. The van der Waals surface area contributed by atoms with E-state index in [1.54, 1.807) is 0 Å². The fourth-order valence-corrected chi connectivity index (χ4v) is 5.09. The van der Waals surface area contributed by atoms with Gasteiger partial charge < -0.3 is 9.84 Å². The Balaban J connectivity index is 4.03. The minimum absolute atomic E-state index is 0.0331. The third-order valence-electron chi connectivity index (χ3n) is 7.75. The number of allylic oxidation sites excluding steroid dienone is 10. The standard InChI is InChI=1S/C40H68O4/c1-3-5-7-9-11-12-13-14-15-16-17-18-19-20-21-22-24-29-33-37-40(43)44-38(34-30-26-23-10-8-6-4-2)35-31-27-25-28-32-36-39(41)42/h5,7,11-12,14-15,17-18,20-21,38H,3-4,6,8-10,13,16,19,22-37H2,1-2H3,(H,41,42)/b7-5-,12-11-,15-14-,18-17-,21-20-. The van der Waals surface area contributed by atoms with Crippen molar-refractivity contribution in [2.45, 2.75) is 180 Å². The second-order valence-electron chi connectivity index (χ2n) is 12.0. The van der Waals surface area contributed by atoms with Crippen LogP contribution in [0, 0.1) is 0 Å². The maximum atomic E-state index is 12.6. The zero-order valence-electron chi connectivity index (χ0n) is 28.7. The topological polar surface area (TPSA) is 63.6 Å². The van der Waals surface area contributed by atoms with Crippen LogP contribution in [0.4, 0.5) is 0 Å². The molecule has 0 aliphatic rings. The summed E-state index contributed by atoms with van der Waals surface area (Å²) in [4.78, 5) is 23.2. The Morgan fingerprint density at radius 3 is 1.48 bits per heavy atom. The first kappa shape index (κ1) is 41.6. The largest absolute Gasteiger partial charge is 0.481 e. The van der Waals surface area contributed by atoms with E-state index in [4.69, 9.17) is 9.84 Å². The lowest BCUT2D eigenvalue weighted by Gasteiger charge is -2.18. The quantitative estimate of drug-likeness (QED) is 0.0466. The van der Waals surface area contributed by atoms with Crippen molar-refractivity contribution in [3.63, 3.8) is 0 Å². The molecule has 44 heavy (non-hydrogen) atoms. The highest BCUT2D eigenvalue weighted by atomic mass is 16.5. The van der Waals surface area contributed by atoms with Gasteiger partial charge in [0.1, 0.15) is 6.10 Å². The van der Waals surface area contributed by atoms with E-state index in [0.29, 0.717) is 6.42 Å². The van der Waals surface area contributed by atoms with Crippen LogP contribution in [0.5, 0.6) is 0 Å². The molecule has 4 heteroatoms. The molecule has 0 radical (unpaired) electrons. The van der Waals surface area contributed by atoms with Gasteiger partial charge in [0.05, 0.1) is 0 Å². The number of esters is 1. The third kappa shape index (κ3) is 34.1. The zero-order valence-corrected chi connectivity index (χ0v) is 28.7. The van der Waals surface area contributed by atoms with Gasteiger partial charge in [0.25, 0.3) is 0 Å². The van der Waals surface area contributed by atoms with E-state index < -0.39 is 5.97 Å². The van der Waals surface area contributed by atoms with Gasteiger partial charge in [-0.1, -0.05) is 139 Å². The first-order valence-corrected chi connectivity index (χ1v) is 18.3. The maximum Gasteiger partial charge on any atom is 0.306 e. The molecule has 0 aromatic heterocycles. The van der Waals surface area contributed by atoms with Crippen molar-refractivity contribution in [2.24, 2.45) is 0 Å². The second-order valence-corrected chi connectivity index (χ2v) is 12.0. The molecule has 0 amide bonds. The molecule has 1 atom stereocenters. The molecule has 1 unspecified atom stereocenters. The van der Waals surface area contributed by atoms with Gasteiger partial charge in [-0.2, -0.15) is 0 Å². The number of hydrogen-bond donors (Lipinski definition) is 1. The molecule has 0 fully saturated rings. The number of carboxylic acids is 1. The molecule has 0 aromatic carbocycles. The van der Waals surface area contributed by atoms with Gasteiger partial charge in [0, 0.05) is 12.8 Å². The van der Waals surface area contributed by atoms with Gasteiger partial charge in [-0.25, -0.2) is 0 Å². The lowest BCUT2D eigenvalue weighted by atomic mass is 10.0. The monoisotopic (exact) mass is 613 g/mol. The number of aliphatic carboxylic acids is 1. The summed E-state index contributed by atoms with van der Waals surface area (Å²) in [6.45, 7) is 4.41. The number of ether oxygens (including phenoxy) is 1. The molecule has 0 aliphatic carbocycles. The van der Waals surface area contributed by atoms with Crippen molar-refractivity contribution in [1.29, 1.82) is 0 Å². The lowest BCUT2D eigenvalue weighted by Crippen LogP contribution is -2.18. The minimum atomic E-state index is -0.708. The molecule has 0 aliphatic heterocycles. The van der Waals surface area contributed by atoms with Gasteiger partial charge in [-0.15, -0.1) is 0 Å². The number of hydrogen-bond acceptors (Lipinski definition) is 3. The highest BCUT2D eigenvalue weighted by Crippen LogP contribution is 2.18. The van der Waals surface area contributed by atoms with E-state index in [0.717, 1.165) is 109 Å². The fourth-order valence-electron chi connectivity index (χ4n) is 5.09. The van der Waals surface area contributed by atoms with Crippen LogP contribution in [0.25, 0.3) is 0 Å². The van der Waals surface area contributed by atoms with Crippen molar-refractivity contribution >= 4 is 11.9 Å². The molecule has 0 spiro atoms. The zero-order chi connectivity index (χ0) is 32.2. The van der Waals surface area contributed by atoms with Crippen LogP contribution in [-0.2, 0) is 14.3 Å². The van der Waals surface area contributed by atoms with E-state index in [9.17, 15) is 9.59 Å². The molecular weight excluding hydrogens is 544 g/mol. The Bertz CT molecular complexity index is 789. The van der Waals surface area contributed by atoms with E-state index in [-0.39, 0.29) is 18.5 Å². The van der Waals surface area contributed by atoms with E-state index in [2.05, 4.69) is 74.6 Å². The van der Waals surface area contributed by atoms with Crippen molar-refractivity contribution < 1.29 is 19.4 Å². The molecule has 252 valence electrons. The van der Waals surface area contributed by atoms with Crippen LogP contribution >= 0.6 is 0 Å². The molecule has 0 rings (SSSR count). The van der Waals surface area contributed by atoms with Crippen LogP contribution in [0.1, 0.15) is 174 Å². The molecule has 0 bridgehead atoms. The summed E-state index contributed by atoms with van der Waals surface area (Å²) < 4.78 is 5.94. The number of unbranched alkanes of at least 4 members (excludes halogenated alkanes) is 13. The molecule has 0 heterocycles. The second kappa shape index (κ2) is 35.1. The molecule has 0 saturated carbocycles. The van der Waals surface area contributed by atoms with Crippen LogP contribution in [-0.4, -0.2) is 23.1 Å². The molecule has 1 N–H and O–H groups in total. The number of carbonyl (C=O) groups is 2. The van der Waals surface area contributed by atoms with Crippen molar-refractivity contribution in [3.8, 4) is 0 Å². The van der Waals surface area contributed by atoms with Gasteiger partial charge in [0.15, 0.2) is 0 Å². The fraction of sp³-hybridized carbons (Fsp3) is 0.700. The summed E-state index contributed by atoms with van der Waals surface area (Å²) in [5, 5.41) is 8.78. The smallest absolute Gasteiger partial charge is 0.306 e. The SMILES string of the molecule is CC/C=C\C/C=C\C/C=C\C/C=C\C/C=C\CCCCCC(=O)OC(CCCCCCCCC)CCCCCCCC(=O)O. The van der Waals surface area contributed by atoms with Gasteiger partial charge in [-0.3, -0.25) is 9.59 Å². The Kier molecular flexibility index (Phi) is 33.2. The highest BCUT2D eigenvalue weighted by molar-refractivity contribution is 5.69. The van der Waals surface area contributed by atoms with Gasteiger partial charge in [-0.05, 0) is 83.5 Å². The predicted octanol–water partition coefficient (Wildman–Crippen LogP) is 12.6. The van der Waals surface area contributed by atoms with Crippen LogP contribution in [0.2, 0.25) is 0 Å². The summed E-state index contributed by atoms with van der Waals surface area (Å²) in [6.07, 6.45) is 48.0. The van der Waals surface area contributed by atoms with Gasteiger partial charge >= 0.3 is 11.9 Å². The molecule has 0 aromatic rings. The number of carboxylic acid groups (broad SMARTS) is 1. The molecular formula is C40H68O4. The highest BCUT2D eigenvalue weighted by Gasteiger charge is 2.14. The van der Waals surface area contributed by atoms with Gasteiger partial charge in [0.2, 0.25) is 0 Å². The number of rotatable bonds is 32. The van der Waals surface area contributed by atoms with Crippen LogP contribution < -0.4 is 0 Å². The summed E-state index contributed by atoms with van der Waals surface area (Å²) in [5.41, 5.74) is 0. The predicted molar refractivity (Wildman–Crippen MR) is 190 cm³/mol. The Morgan fingerprint density at radius 2 is 0.955 bits per heavy atom. The first-order chi connectivity index (χ1) is 21.6. The van der Waals surface area contributed by atoms with Crippen molar-refractivity contribution in [2.75, 3.05) is 0 Å². The van der Waals surface area contributed by atoms with Crippen molar-refractivity contribution in [3.05, 3.63) is 60.8 Å². The Hall–Kier alpha value is -2.36. The molecule has 4 nitrogen and oxygen atoms in total. The minimum Gasteiger partial charge on any atom is -0.481 e. The Morgan fingerprint density at radius 1 is 0.523 bits per heavy atom. The lowest BCUT2D eigenvalue weighted by molar-refractivity contribution is -0.150. The van der Waals surface area contributed by atoms with Crippen molar-refractivity contribution in [1.82, 2.24) is 0 Å². The van der Waals surface area contributed by atoms with E-state index in [1.165, 1.54) is 38.5 Å². The molecule has 0 saturated heterocycles. The summed E-state index contributed by atoms with van der Waals surface area (Å²) in [7, 11) is 0. The van der Waals surface area contributed by atoms with Crippen LogP contribution in [0.3, 0.4) is 0 Å². The van der Waals surface area contributed by atoms with E-state index in [1.807, 2.05) is 0 Å². The maximum absolute atomic E-state index is 12.6. The number of carbonyl (C=O) groups excluding carboxylic acids is 1. The first-order valence-electron chi connectivity index (χ1n) is 18.3. The Labute approximate surface area is 272 Å². The van der Waals surface area contributed by atoms with E-state index >= 15 is 0 Å². The van der Waals surface area contributed by atoms with Crippen LogP contribution in [0.15, 0.2) is 60.8 Å². The average Bonchev–Trinajstić information content (AvgIpc) is 3.00. The normalized spacial score (nSPS) is 13.0. The third-order valence-corrected chi connectivity index (χ3v) is 7.75.